The van der Waals surface area contributed by atoms with Crippen molar-refractivity contribution < 1.29 is 13.2 Å². The van der Waals surface area contributed by atoms with Crippen molar-refractivity contribution in [2.75, 3.05) is 42.1 Å². The molecule has 4 rings (SSSR count). The summed E-state index contributed by atoms with van der Waals surface area (Å²) in [4.78, 5) is 23.6. The summed E-state index contributed by atoms with van der Waals surface area (Å²) in [6.45, 7) is 7.46. The van der Waals surface area contributed by atoms with Crippen LogP contribution in [0.4, 0.5) is 11.5 Å². The Morgan fingerprint density at radius 3 is 2.50 bits per heavy atom. The van der Waals surface area contributed by atoms with E-state index >= 15 is 0 Å². The lowest BCUT2D eigenvalue weighted by molar-refractivity contribution is -0.114. The van der Waals surface area contributed by atoms with E-state index in [0.717, 1.165) is 34.3 Å². The van der Waals surface area contributed by atoms with Crippen LogP contribution in [-0.4, -0.2) is 60.5 Å². The Bertz CT molecular complexity index is 1300. The number of para-hydroxylation sites is 1. The van der Waals surface area contributed by atoms with Crippen LogP contribution in [-0.2, 0) is 14.8 Å². The first-order valence-electron chi connectivity index (χ1n) is 11.7. The summed E-state index contributed by atoms with van der Waals surface area (Å²) in [7, 11) is -3.23. The predicted molar refractivity (Wildman–Crippen MR) is 136 cm³/mol. The van der Waals surface area contributed by atoms with Crippen molar-refractivity contribution in [3.8, 4) is 11.4 Å². The standard InChI is InChI=1S/C25H31N5O3S/c1-4-5-16-34(32,33)30-14-12-29(13-15-30)25-21-11-10-18(2)17-23(21)27-24(28-25)20-8-6-7-9-22(20)26-19(3)31/h6-11,17H,4-5,12-16H2,1-3H3,(H,26,31). The highest BCUT2D eigenvalue weighted by Gasteiger charge is 2.28. The number of carbonyl (C=O) groups excluding carboxylic acids is 1. The third kappa shape index (κ3) is 5.20. The number of piperazine rings is 1. The highest BCUT2D eigenvalue weighted by molar-refractivity contribution is 7.89. The van der Waals surface area contributed by atoms with Gasteiger partial charge in [0.25, 0.3) is 0 Å². The number of aryl methyl sites for hydroxylation is 1. The topological polar surface area (TPSA) is 95.5 Å². The van der Waals surface area contributed by atoms with Gasteiger partial charge in [0.05, 0.1) is 17.0 Å². The zero-order chi connectivity index (χ0) is 24.3. The molecule has 1 fully saturated rings. The number of fused-ring (bicyclic) bond motifs is 1. The normalized spacial score (nSPS) is 15.0. The van der Waals surface area contributed by atoms with Crippen LogP contribution in [0.5, 0.6) is 0 Å². The van der Waals surface area contributed by atoms with Crippen LogP contribution >= 0.6 is 0 Å². The van der Waals surface area contributed by atoms with Crippen LogP contribution in [0.1, 0.15) is 32.3 Å². The van der Waals surface area contributed by atoms with E-state index in [-0.39, 0.29) is 11.7 Å². The molecule has 180 valence electrons. The molecule has 0 saturated carbocycles. The van der Waals surface area contributed by atoms with Gasteiger partial charge in [-0.1, -0.05) is 31.5 Å². The molecule has 8 nitrogen and oxygen atoms in total. The lowest BCUT2D eigenvalue weighted by atomic mass is 10.1. The lowest BCUT2D eigenvalue weighted by Gasteiger charge is -2.35. The number of hydrogen-bond donors (Lipinski definition) is 1. The maximum atomic E-state index is 12.6. The molecule has 1 amide bonds. The molecule has 1 aliphatic heterocycles. The largest absolute Gasteiger partial charge is 0.353 e. The monoisotopic (exact) mass is 481 g/mol. The quantitative estimate of drug-likeness (QED) is 0.551. The van der Waals surface area contributed by atoms with Crippen molar-refractivity contribution in [1.29, 1.82) is 0 Å². The average molecular weight is 482 g/mol. The third-order valence-corrected chi connectivity index (χ3v) is 7.95. The zero-order valence-electron chi connectivity index (χ0n) is 19.9. The molecule has 0 radical (unpaired) electrons. The summed E-state index contributed by atoms with van der Waals surface area (Å²) in [6.07, 6.45) is 1.53. The van der Waals surface area contributed by atoms with Gasteiger partial charge < -0.3 is 10.2 Å². The van der Waals surface area contributed by atoms with Crippen molar-refractivity contribution in [3.05, 3.63) is 48.0 Å². The summed E-state index contributed by atoms with van der Waals surface area (Å²) in [5, 5.41) is 3.79. The van der Waals surface area contributed by atoms with E-state index in [0.29, 0.717) is 44.1 Å². The molecule has 1 N–H and O–H groups in total. The number of anilines is 2. The molecular weight excluding hydrogens is 450 g/mol. The van der Waals surface area contributed by atoms with Gasteiger partial charge in [-0.25, -0.2) is 18.4 Å². The maximum Gasteiger partial charge on any atom is 0.221 e. The fourth-order valence-electron chi connectivity index (χ4n) is 4.20. The molecule has 1 aliphatic rings. The summed E-state index contributed by atoms with van der Waals surface area (Å²) < 4.78 is 26.9. The maximum absolute atomic E-state index is 12.6. The number of rotatable bonds is 7. The fourth-order valence-corrected chi connectivity index (χ4v) is 5.83. The lowest BCUT2D eigenvalue weighted by Crippen LogP contribution is -2.49. The number of aromatic nitrogens is 2. The molecule has 0 bridgehead atoms. The molecule has 9 heteroatoms. The number of unbranched alkanes of at least 4 members (excludes halogenated alkanes) is 1. The molecule has 0 unspecified atom stereocenters. The van der Waals surface area contributed by atoms with Crippen molar-refractivity contribution in [1.82, 2.24) is 14.3 Å². The highest BCUT2D eigenvalue weighted by Crippen LogP contribution is 2.32. The molecule has 2 aromatic carbocycles. The van der Waals surface area contributed by atoms with E-state index in [2.05, 4.69) is 10.2 Å². The van der Waals surface area contributed by atoms with E-state index < -0.39 is 10.0 Å². The van der Waals surface area contributed by atoms with Gasteiger partial charge in [0.1, 0.15) is 5.82 Å². The Morgan fingerprint density at radius 2 is 1.79 bits per heavy atom. The summed E-state index contributed by atoms with van der Waals surface area (Å²) in [5.41, 5.74) is 3.30. The van der Waals surface area contributed by atoms with Gasteiger partial charge in [-0.3, -0.25) is 4.79 Å². The number of sulfonamides is 1. The molecule has 0 atom stereocenters. The second-order valence-corrected chi connectivity index (χ2v) is 10.8. The first-order chi connectivity index (χ1) is 16.3. The van der Waals surface area contributed by atoms with Crippen LogP contribution in [0, 0.1) is 6.92 Å². The Morgan fingerprint density at radius 1 is 1.06 bits per heavy atom. The van der Waals surface area contributed by atoms with E-state index in [1.807, 2.05) is 56.3 Å². The Labute approximate surface area is 201 Å². The number of amides is 1. The van der Waals surface area contributed by atoms with Crippen LogP contribution in [0.15, 0.2) is 42.5 Å². The number of hydrogen-bond acceptors (Lipinski definition) is 6. The van der Waals surface area contributed by atoms with Gasteiger partial charge in [-0.05, 0) is 43.2 Å². The van der Waals surface area contributed by atoms with Gasteiger partial charge in [0, 0.05) is 44.1 Å². The van der Waals surface area contributed by atoms with Gasteiger partial charge in [0.2, 0.25) is 15.9 Å². The first kappa shape index (κ1) is 24.1. The predicted octanol–water partition coefficient (Wildman–Crippen LogP) is 3.82. The van der Waals surface area contributed by atoms with Gasteiger partial charge in [0.15, 0.2) is 5.82 Å². The summed E-state index contributed by atoms with van der Waals surface area (Å²) in [6, 6.07) is 13.6. The van der Waals surface area contributed by atoms with E-state index in [9.17, 15) is 13.2 Å². The van der Waals surface area contributed by atoms with Crippen molar-refractivity contribution in [2.24, 2.45) is 0 Å². The van der Waals surface area contributed by atoms with Crippen LogP contribution in [0.25, 0.3) is 22.3 Å². The summed E-state index contributed by atoms with van der Waals surface area (Å²) >= 11 is 0. The van der Waals surface area contributed by atoms with Gasteiger partial charge in [-0.2, -0.15) is 4.31 Å². The second kappa shape index (κ2) is 10.1. The van der Waals surface area contributed by atoms with Crippen molar-refractivity contribution in [2.45, 2.75) is 33.6 Å². The second-order valence-electron chi connectivity index (χ2n) is 8.67. The zero-order valence-corrected chi connectivity index (χ0v) is 20.7. The Kier molecular flexibility index (Phi) is 7.13. The molecule has 2 heterocycles. The SMILES string of the molecule is CCCCS(=O)(=O)N1CCN(c2nc(-c3ccccc3NC(C)=O)nc3cc(C)ccc23)CC1. The summed E-state index contributed by atoms with van der Waals surface area (Å²) in [5.74, 6) is 1.34. The van der Waals surface area contributed by atoms with E-state index in [4.69, 9.17) is 9.97 Å². The molecule has 0 spiro atoms. The average Bonchev–Trinajstić information content (AvgIpc) is 2.82. The van der Waals surface area contributed by atoms with Gasteiger partial charge in [-0.15, -0.1) is 0 Å². The van der Waals surface area contributed by atoms with E-state index in [1.54, 1.807) is 4.31 Å². The van der Waals surface area contributed by atoms with Gasteiger partial charge >= 0.3 is 0 Å². The molecule has 34 heavy (non-hydrogen) atoms. The number of nitrogens with one attached hydrogen (secondary N) is 1. The highest BCUT2D eigenvalue weighted by atomic mass is 32.2. The minimum absolute atomic E-state index is 0.162. The Balaban J connectivity index is 1.71. The smallest absolute Gasteiger partial charge is 0.221 e. The molecular formula is C25H31N5O3S. The van der Waals surface area contributed by atoms with Crippen LogP contribution < -0.4 is 10.2 Å². The molecule has 1 saturated heterocycles. The number of carbonyl (C=O) groups is 1. The first-order valence-corrected chi connectivity index (χ1v) is 13.3. The van der Waals surface area contributed by atoms with Crippen LogP contribution in [0.3, 0.4) is 0 Å². The van der Waals surface area contributed by atoms with E-state index in [1.165, 1.54) is 6.92 Å². The van der Waals surface area contributed by atoms with Crippen molar-refractivity contribution >= 4 is 38.3 Å². The van der Waals surface area contributed by atoms with Crippen LogP contribution in [0.2, 0.25) is 0 Å². The Hall–Kier alpha value is -3.04. The number of nitrogens with zero attached hydrogens (tertiary/aromatic N) is 4. The minimum Gasteiger partial charge on any atom is -0.353 e. The van der Waals surface area contributed by atoms with Crippen molar-refractivity contribution in [3.63, 3.8) is 0 Å². The fraction of sp³-hybridized carbons (Fsp3) is 0.400. The molecule has 3 aromatic rings. The molecule has 1 aromatic heterocycles. The minimum atomic E-state index is -3.23. The third-order valence-electron chi connectivity index (χ3n) is 6.00. The molecule has 0 aliphatic carbocycles. The number of benzene rings is 2.